The molecule has 0 atom stereocenters. The van der Waals surface area contributed by atoms with E-state index >= 15 is 0 Å². The van der Waals surface area contributed by atoms with Crippen molar-refractivity contribution in [3.05, 3.63) is 66.2 Å². The highest BCUT2D eigenvalue weighted by Crippen LogP contribution is 2.26. The number of carbonyl (C=O) groups is 2. The molecule has 0 aliphatic rings. The van der Waals surface area contributed by atoms with Crippen molar-refractivity contribution in [2.75, 3.05) is 23.4 Å². The second-order valence-electron chi connectivity index (χ2n) is 7.23. The predicted octanol–water partition coefficient (Wildman–Crippen LogP) is 3.80. The van der Waals surface area contributed by atoms with Gasteiger partial charge in [0.2, 0.25) is 11.0 Å². The monoisotopic (exact) mass is 559 g/mol. The average molecular weight is 560 g/mol. The van der Waals surface area contributed by atoms with Gasteiger partial charge in [-0.15, -0.1) is 20.4 Å². The summed E-state index contributed by atoms with van der Waals surface area (Å²) in [6.45, 7) is 1.90. The van der Waals surface area contributed by atoms with Gasteiger partial charge in [-0.1, -0.05) is 60.0 Å². The summed E-state index contributed by atoms with van der Waals surface area (Å²) >= 11 is 4.00. The maximum atomic E-state index is 13.5. The SMILES string of the molecule is CCSc1nnc(NC(=O)CSc2nnc(CNC(=O)COc3ccccc3)n2-c2ccc(F)cc2)s1. The summed E-state index contributed by atoms with van der Waals surface area (Å²) in [7, 11) is 0. The molecule has 0 fully saturated rings. The van der Waals surface area contributed by atoms with Gasteiger partial charge in [0, 0.05) is 5.69 Å². The normalized spacial score (nSPS) is 10.8. The highest BCUT2D eigenvalue weighted by atomic mass is 32.2. The second kappa shape index (κ2) is 13.2. The van der Waals surface area contributed by atoms with E-state index < -0.39 is 5.82 Å². The third-order valence-corrected chi connectivity index (χ3v) is 7.38. The Kier molecular flexibility index (Phi) is 9.46. The molecule has 10 nitrogen and oxygen atoms in total. The lowest BCUT2D eigenvalue weighted by molar-refractivity contribution is -0.123. The molecule has 0 radical (unpaired) electrons. The number of aromatic nitrogens is 5. The summed E-state index contributed by atoms with van der Waals surface area (Å²) in [6, 6.07) is 14.8. The summed E-state index contributed by atoms with van der Waals surface area (Å²) in [5.41, 5.74) is 0.587. The lowest BCUT2D eigenvalue weighted by atomic mass is 10.3. The van der Waals surface area contributed by atoms with Crippen LogP contribution in [0.4, 0.5) is 9.52 Å². The van der Waals surface area contributed by atoms with Crippen LogP contribution in [0.15, 0.2) is 64.1 Å². The van der Waals surface area contributed by atoms with Crippen LogP contribution in [0.25, 0.3) is 5.69 Å². The Hall–Kier alpha value is -3.49. The molecule has 0 bridgehead atoms. The first-order valence-corrected chi connectivity index (χ1v) is 13.8. The fraction of sp³-hybridized carbons (Fsp3) is 0.217. The van der Waals surface area contributed by atoms with Crippen molar-refractivity contribution >= 4 is 51.8 Å². The molecule has 2 heterocycles. The Bertz CT molecular complexity index is 1330. The predicted molar refractivity (Wildman–Crippen MR) is 141 cm³/mol. The molecule has 0 saturated heterocycles. The fourth-order valence-corrected chi connectivity index (χ4v) is 5.42. The van der Waals surface area contributed by atoms with Gasteiger partial charge in [0.05, 0.1) is 12.3 Å². The van der Waals surface area contributed by atoms with Gasteiger partial charge in [0.1, 0.15) is 11.6 Å². The zero-order chi connectivity index (χ0) is 26.0. The standard InChI is InChI=1S/C23H22FN7O3S3/c1-2-35-23-30-28-21(37-23)26-20(33)14-36-22-29-27-18(31(22)16-10-8-15(24)9-11-16)12-25-19(32)13-34-17-6-4-3-5-7-17/h3-11H,2,12-14H2,1H3,(H,25,32)(H,26,28,33). The molecular formula is C23H22FN7O3S3. The van der Waals surface area contributed by atoms with Gasteiger partial charge < -0.3 is 10.1 Å². The van der Waals surface area contributed by atoms with Crippen LogP contribution in [0.2, 0.25) is 0 Å². The van der Waals surface area contributed by atoms with Gasteiger partial charge in [-0.25, -0.2) is 4.39 Å². The fourth-order valence-electron chi connectivity index (χ4n) is 2.98. The second-order valence-corrected chi connectivity index (χ2v) is 10.7. The van der Waals surface area contributed by atoms with E-state index in [-0.39, 0.29) is 30.7 Å². The molecule has 4 rings (SSSR count). The van der Waals surface area contributed by atoms with Crippen molar-refractivity contribution in [1.29, 1.82) is 0 Å². The highest BCUT2D eigenvalue weighted by molar-refractivity contribution is 8.01. The molecule has 0 saturated carbocycles. The molecular weight excluding hydrogens is 537 g/mol. The number of amides is 2. The zero-order valence-corrected chi connectivity index (χ0v) is 22.0. The first kappa shape index (κ1) is 26.6. The third-order valence-electron chi connectivity index (χ3n) is 4.59. The lowest BCUT2D eigenvalue weighted by Gasteiger charge is -2.11. The minimum Gasteiger partial charge on any atom is -0.484 e. The largest absolute Gasteiger partial charge is 0.484 e. The number of rotatable bonds is 12. The van der Waals surface area contributed by atoms with E-state index in [1.807, 2.05) is 25.1 Å². The van der Waals surface area contributed by atoms with E-state index in [1.165, 1.54) is 23.5 Å². The zero-order valence-electron chi connectivity index (χ0n) is 19.6. The number of carbonyl (C=O) groups excluding carboxylic acids is 2. The van der Waals surface area contributed by atoms with Crippen LogP contribution in [0.5, 0.6) is 5.75 Å². The molecule has 4 aromatic rings. The quantitative estimate of drug-likeness (QED) is 0.197. The summed E-state index contributed by atoms with van der Waals surface area (Å²) in [5, 5.41) is 22.7. The van der Waals surface area contributed by atoms with E-state index in [9.17, 15) is 14.0 Å². The van der Waals surface area contributed by atoms with Crippen molar-refractivity contribution in [2.24, 2.45) is 0 Å². The topological polar surface area (TPSA) is 124 Å². The number of para-hydroxylation sites is 1. The molecule has 2 aromatic heterocycles. The van der Waals surface area contributed by atoms with Gasteiger partial charge in [-0.3, -0.25) is 19.5 Å². The molecule has 0 unspecified atom stereocenters. The molecule has 37 heavy (non-hydrogen) atoms. The minimum absolute atomic E-state index is 0.0342. The van der Waals surface area contributed by atoms with Crippen molar-refractivity contribution in [3.63, 3.8) is 0 Å². The van der Waals surface area contributed by atoms with Crippen molar-refractivity contribution in [3.8, 4) is 11.4 Å². The Morgan fingerprint density at radius 1 is 1.00 bits per heavy atom. The lowest BCUT2D eigenvalue weighted by Crippen LogP contribution is -2.29. The minimum atomic E-state index is -0.393. The number of ether oxygens (including phenoxy) is 1. The van der Waals surface area contributed by atoms with Gasteiger partial charge in [-0.05, 0) is 42.2 Å². The van der Waals surface area contributed by atoms with Crippen molar-refractivity contribution < 1.29 is 18.7 Å². The number of thioether (sulfide) groups is 2. The molecule has 0 aliphatic carbocycles. The molecule has 2 N–H and O–H groups in total. The first-order valence-electron chi connectivity index (χ1n) is 11.1. The molecule has 2 aromatic carbocycles. The van der Waals surface area contributed by atoms with E-state index in [0.717, 1.165) is 21.9 Å². The Labute approximate surface area is 224 Å². The van der Waals surface area contributed by atoms with Gasteiger partial charge in [0.15, 0.2) is 21.9 Å². The van der Waals surface area contributed by atoms with E-state index in [2.05, 4.69) is 31.0 Å². The number of nitrogens with one attached hydrogen (secondary N) is 2. The molecule has 0 spiro atoms. The summed E-state index contributed by atoms with van der Waals surface area (Å²) < 4.78 is 21.4. The summed E-state index contributed by atoms with van der Waals surface area (Å²) in [4.78, 5) is 24.8. The maximum absolute atomic E-state index is 13.5. The maximum Gasteiger partial charge on any atom is 0.258 e. The van der Waals surface area contributed by atoms with E-state index in [0.29, 0.717) is 27.5 Å². The molecule has 14 heteroatoms. The number of anilines is 1. The highest BCUT2D eigenvalue weighted by Gasteiger charge is 2.18. The smallest absolute Gasteiger partial charge is 0.258 e. The Morgan fingerprint density at radius 2 is 1.78 bits per heavy atom. The number of benzene rings is 2. The van der Waals surface area contributed by atoms with Crippen LogP contribution in [0.1, 0.15) is 12.7 Å². The van der Waals surface area contributed by atoms with Gasteiger partial charge in [-0.2, -0.15) is 0 Å². The molecule has 0 aliphatic heterocycles. The Morgan fingerprint density at radius 3 is 2.54 bits per heavy atom. The van der Waals surface area contributed by atoms with Gasteiger partial charge in [0.25, 0.3) is 5.91 Å². The van der Waals surface area contributed by atoms with Crippen LogP contribution < -0.4 is 15.4 Å². The van der Waals surface area contributed by atoms with Crippen molar-refractivity contribution in [1.82, 2.24) is 30.3 Å². The van der Waals surface area contributed by atoms with Crippen LogP contribution in [-0.4, -0.2) is 54.9 Å². The van der Waals surface area contributed by atoms with E-state index in [1.54, 1.807) is 40.6 Å². The Balaban J connectivity index is 1.40. The first-order chi connectivity index (χ1) is 18.0. The summed E-state index contributed by atoms with van der Waals surface area (Å²) in [5.74, 6) is 0.869. The summed E-state index contributed by atoms with van der Waals surface area (Å²) in [6.07, 6.45) is 0. The number of hydrogen-bond donors (Lipinski definition) is 2. The van der Waals surface area contributed by atoms with Crippen LogP contribution in [0, 0.1) is 5.82 Å². The number of nitrogens with zero attached hydrogens (tertiary/aromatic N) is 5. The van der Waals surface area contributed by atoms with Crippen molar-refractivity contribution in [2.45, 2.75) is 23.0 Å². The number of hydrogen-bond acceptors (Lipinski definition) is 10. The van der Waals surface area contributed by atoms with Gasteiger partial charge >= 0.3 is 0 Å². The van der Waals surface area contributed by atoms with Crippen LogP contribution in [-0.2, 0) is 16.1 Å². The van der Waals surface area contributed by atoms with Crippen LogP contribution >= 0.6 is 34.9 Å². The molecule has 2 amide bonds. The average Bonchev–Trinajstić information content (AvgIpc) is 3.53. The molecule has 192 valence electrons. The van der Waals surface area contributed by atoms with Crippen LogP contribution in [0.3, 0.4) is 0 Å². The van der Waals surface area contributed by atoms with E-state index in [4.69, 9.17) is 4.74 Å². The number of halogens is 1. The third kappa shape index (κ3) is 7.74.